The third-order valence-corrected chi connectivity index (χ3v) is 3.96. The van der Waals surface area contributed by atoms with Gasteiger partial charge in [-0.2, -0.15) is 0 Å². The molecule has 0 saturated carbocycles. The zero-order valence-electron chi connectivity index (χ0n) is 13.2. The minimum absolute atomic E-state index is 0.388. The zero-order chi connectivity index (χ0) is 16.2. The number of benzene rings is 3. The lowest BCUT2D eigenvalue weighted by molar-refractivity contribution is 0.100. The van der Waals surface area contributed by atoms with Crippen LogP contribution in [0.1, 0.15) is 21.5 Å². The number of nitrogens with two attached hydrogens (primary N) is 1. The van der Waals surface area contributed by atoms with E-state index in [0.29, 0.717) is 5.56 Å². The number of primary amides is 1. The fraction of sp³-hybridized carbons (Fsp3) is 0.150. The molecule has 0 heterocycles. The Morgan fingerprint density at radius 2 is 1.48 bits per heavy atom. The molecule has 3 rings (SSSR count). The number of hydrogen-bond acceptors (Lipinski definition) is 2. The van der Waals surface area contributed by atoms with Crippen LogP contribution in [-0.2, 0) is 13.1 Å². The van der Waals surface area contributed by atoms with Gasteiger partial charge >= 0.3 is 0 Å². The van der Waals surface area contributed by atoms with E-state index >= 15 is 0 Å². The third-order valence-electron chi connectivity index (χ3n) is 3.96. The van der Waals surface area contributed by atoms with Crippen molar-refractivity contribution in [3.8, 4) is 0 Å². The molecule has 23 heavy (non-hydrogen) atoms. The Morgan fingerprint density at radius 1 is 0.870 bits per heavy atom. The third kappa shape index (κ3) is 3.76. The van der Waals surface area contributed by atoms with Gasteiger partial charge in [0.2, 0.25) is 5.91 Å². The quantitative estimate of drug-likeness (QED) is 0.783. The monoisotopic (exact) mass is 304 g/mol. The summed E-state index contributed by atoms with van der Waals surface area (Å²) in [4.78, 5) is 13.3. The van der Waals surface area contributed by atoms with Crippen molar-refractivity contribution in [2.24, 2.45) is 5.73 Å². The molecule has 0 aliphatic heterocycles. The SMILES string of the molecule is CN(Cc1ccc(C(N)=O)cc1)Cc1ccc2ccccc2c1. The molecule has 0 bridgehead atoms. The molecular formula is C20H20N2O. The van der Waals surface area contributed by atoms with Gasteiger partial charge in [0.05, 0.1) is 0 Å². The van der Waals surface area contributed by atoms with E-state index in [0.717, 1.165) is 13.1 Å². The standard InChI is InChI=1S/C20H20N2O/c1-22(13-15-6-10-18(11-7-15)20(21)23)14-16-8-9-17-4-2-3-5-19(17)12-16/h2-12H,13-14H2,1H3,(H2,21,23). The molecule has 1 amide bonds. The molecule has 0 radical (unpaired) electrons. The van der Waals surface area contributed by atoms with Gasteiger partial charge in [-0.3, -0.25) is 9.69 Å². The predicted octanol–water partition coefficient (Wildman–Crippen LogP) is 3.57. The number of carbonyl (C=O) groups is 1. The van der Waals surface area contributed by atoms with E-state index in [-0.39, 0.29) is 5.91 Å². The van der Waals surface area contributed by atoms with Gasteiger partial charge in [-0.25, -0.2) is 0 Å². The van der Waals surface area contributed by atoms with Gasteiger partial charge in [0.25, 0.3) is 0 Å². The molecule has 116 valence electrons. The second kappa shape index (κ2) is 6.63. The number of hydrogen-bond donors (Lipinski definition) is 1. The zero-order valence-corrected chi connectivity index (χ0v) is 13.2. The molecule has 3 aromatic carbocycles. The van der Waals surface area contributed by atoms with Crippen LogP contribution in [-0.4, -0.2) is 17.9 Å². The molecule has 3 aromatic rings. The lowest BCUT2D eigenvalue weighted by Gasteiger charge is -2.17. The maximum absolute atomic E-state index is 11.1. The molecule has 0 fully saturated rings. The summed E-state index contributed by atoms with van der Waals surface area (Å²) in [6, 6.07) is 22.4. The molecule has 2 N–H and O–H groups in total. The molecular weight excluding hydrogens is 284 g/mol. The maximum Gasteiger partial charge on any atom is 0.248 e. The average molecular weight is 304 g/mol. The fourth-order valence-corrected chi connectivity index (χ4v) is 2.79. The molecule has 0 unspecified atom stereocenters. The second-order valence-corrected chi connectivity index (χ2v) is 5.91. The van der Waals surface area contributed by atoms with Crippen LogP contribution in [0.15, 0.2) is 66.7 Å². The second-order valence-electron chi connectivity index (χ2n) is 5.91. The number of rotatable bonds is 5. The summed E-state index contributed by atoms with van der Waals surface area (Å²) >= 11 is 0. The van der Waals surface area contributed by atoms with E-state index in [1.54, 1.807) is 12.1 Å². The Bertz CT molecular complexity index is 824. The van der Waals surface area contributed by atoms with Gasteiger partial charge in [0.1, 0.15) is 0 Å². The predicted molar refractivity (Wildman–Crippen MR) is 94.1 cm³/mol. The van der Waals surface area contributed by atoms with Crippen LogP contribution < -0.4 is 5.73 Å². The molecule has 0 aliphatic carbocycles. The normalized spacial score (nSPS) is 11.0. The van der Waals surface area contributed by atoms with Crippen LogP contribution in [0.4, 0.5) is 0 Å². The number of fused-ring (bicyclic) bond motifs is 1. The lowest BCUT2D eigenvalue weighted by atomic mass is 10.1. The van der Waals surface area contributed by atoms with Gasteiger partial charge < -0.3 is 5.73 Å². The largest absolute Gasteiger partial charge is 0.366 e. The van der Waals surface area contributed by atoms with Crippen LogP contribution >= 0.6 is 0 Å². The van der Waals surface area contributed by atoms with Gasteiger partial charge in [-0.1, -0.05) is 48.5 Å². The van der Waals surface area contributed by atoms with Crippen molar-refractivity contribution in [1.82, 2.24) is 4.90 Å². The topological polar surface area (TPSA) is 46.3 Å². The minimum Gasteiger partial charge on any atom is -0.366 e. The van der Waals surface area contributed by atoms with Crippen LogP contribution in [0, 0.1) is 0 Å². The fourth-order valence-electron chi connectivity index (χ4n) is 2.79. The first-order valence-corrected chi connectivity index (χ1v) is 7.67. The van der Waals surface area contributed by atoms with E-state index in [4.69, 9.17) is 5.73 Å². The van der Waals surface area contributed by atoms with Crippen molar-refractivity contribution < 1.29 is 4.79 Å². The molecule has 0 spiro atoms. The number of carbonyl (C=O) groups excluding carboxylic acids is 1. The highest BCUT2D eigenvalue weighted by Gasteiger charge is 2.04. The number of amides is 1. The van der Waals surface area contributed by atoms with E-state index in [1.165, 1.54) is 21.9 Å². The highest BCUT2D eigenvalue weighted by molar-refractivity contribution is 5.92. The molecule has 3 nitrogen and oxygen atoms in total. The summed E-state index contributed by atoms with van der Waals surface area (Å²) in [5.74, 6) is -0.388. The van der Waals surface area contributed by atoms with E-state index in [1.807, 2.05) is 12.1 Å². The summed E-state index contributed by atoms with van der Waals surface area (Å²) in [5.41, 5.74) is 8.27. The molecule has 0 aliphatic rings. The summed E-state index contributed by atoms with van der Waals surface area (Å²) in [6.45, 7) is 1.70. The van der Waals surface area contributed by atoms with Crippen LogP contribution in [0.25, 0.3) is 10.8 Å². The van der Waals surface area contributed by atoms with Gasteiger partial charge in [-0.05, 0) is 47.1 Å². The smallest absolute Gasteiger partial charge is 0.248 e. The van der Waals surface area contributed by atoms with Gasteiger partial charge in [0.15, 0.2) is 0 Å². The van der Waals surface area contributed by atoms with Crippen LogP contribution in [0.5, 0.6) is 0 Å². The van der Waals surface area contributed by atoms with Gasteiger partial charge in [0, 0.05) is 18.7 Å². The van der Waals surface area contributed by atoms with Crippen molar-refractivity contribution in [3.63, 3.8) is 0 Å². The summed E-state index contributed by atoms with van der Waals surface area (Å²) in [7, 11) is 2.09. The van der Waals surface area contributed by atoms with Crippen molar-refractivity contribution in [2.45, 2.75) is 13.1 Å². The Morgan fingerprint density at radius 3 is 2.17 bits per heavy atom. The van der Waals surface area contributed by atoms with Crippen molar-refractivity contribution in [2.75, 3.05) is 7.05 Å². The lowest BCUT2D eigenvalue weighted by Crippen LogP contribution is -2.17. The Labute approximate surface area is 136 Å². The molecule has 0 saturated heterocycles. The highest BCUT2D eigenvalue weighted by Crippen LogP contribution is 2.17. The Balaban J connectivity index is 1.67. The highest BCUT2D eigenvalue weighted by atomic mass is 16.1. The Kier molecular flexibility index (Phi) is 4.40. The maximum atomic E-state index is 11.1. The van der Waals surface area contributed by atoms with E-state index in [9.17, 15) is 4.79 Å². The molecule has 3 heteroatoms. The summed E-state index contributed by atoms with van der Waals surface area (Å²) in [6.07, 6.45) is 0. The first-order chi connectivity index (χ1) is 11.1. The minimum atomic E-state index is -0.388. The first kappa shape index (κ1) is 15.3. The van der Waals surface area contributed by atoms with Gasteiger partial charge in [-0.15, -0.1) is 0 Å². The van der Waals surface area contributed by atoms with Crippen LogP contribution in [0.2, 0.25) is 0 Å². The van der Waals surface area contributed by atoms with E-state index < -0.39 is 0 Å². The van der Waals surface area contributed by atoms with Crippen molar-refractivity contribution in [1.29, 1.82) is 0 Å². The molecule has 0 aromatic heterocycles. The van der Waals surface area contributed by atoms with E-state index in [2.05, 4.69) is 54.4 Å². The average Bonchev–Trinajstić information content (AvgIpc) is 2.55. The van der Waals surface area contributed by atoms with Crippen molar-refractivity contribution >= 4 is 16.7 Å². The van der Waals surface area contributed by atoms with Crippen molar-refractivity contribution in [3.05, 3.63) is 83.4 Å². The summed E-state index contributed by atoms with van der Waals surface area (Å²) in [5, 5.41) is 2.53. The first-order valence-electron chi connectivity index (χ1n) is 7.67. The Hall–Kier alpha value is -2.65. The van der Waals surface area contributed by atoms with Crippen LogP contribution in [0.3, 0.4) is 0 Å². The summed E-state index contributed by atoms with van der Waals surface area (Å²) < 4.78 is 0. The number of nitrogens with zero attached hydrogens (tertiary/aromatic N) is 1. The molecule has 0 atom stereocenters.